The largest absolute Gasteiger partial charge is 0.480 e. The first kappa shape index (κ1) is 32.1. The lowest BCUT2D eigenvalue weighted by Crippen LogP contribution is -2.41. The summed E-state index contributed by atoms with van der Waals surface area (Å²) in [6.07, 6.45) is 20.7. The van der Waals surface area contributed by atoms with Crippen molar-refractivity contribution in [1.82, 2.24) is 10.6 Å². The number of carboxylic acids is 1. The molecule has 0 radical (unpaired) electrons. The number of carbonyl (C=O) groups is 4. The van der Waals surface area contributed by atoms with Crippen molar-refractivity contribution in [2.24, 2.45) is 0 Å². The van der Waals surface area contributed by atoms with Crippen LogP contribution in [0.1, 0.15) is 135 Å². The molecule has 0 fully saturated rings. The van der Waals surface area contributed by atoms with Crippen molar-refractivity contribution < 1.29 is 24.3 Å². The smallest absolute Gasteiger partial charge is 0.326 e. The molecule has 0 aliphatic heterocycles. The molecule has 0 spiro atoms. The van der Waals surface area contributed by atoms with Gasteiger partial charge in [0.25, 0.3) is 0 Å². The topological polar surface area (TPSA) is 113 Å². The second kappa shape index (κ2) is 24.2. The number of carbonyl (C=O) groups excluding carboxylic acids is 3. The lowest BCUT2D eigenvalue weighted by Gasteiger charge is -2.14. The molecule has 198 valence electrons. The Bertz CT molecular complexity index is 539. The Labute approximate surface area is 207 Å². The van der Waals surface area contributed by atoms with Crippen LogP contribution in [0.25, 0.3) is 0 Å². The molecule has 1 unspecified atom stereocenters. The zero-order valence-electron chi connectivity index (χ0n) is 21.6. The van der Waals surface area contributed by atoms with E-state index >= 15 is 0 Å². The van der Waals surface area contributed by atoms with Crippen molar-refractivity contribution >= 4 is 24.1 Å². The van der Waals surface area contributed by atoms with Gasteiger partial charge in [-0.15, -0.1) is 0 Å². The molecule has 0 heterocycles. The van der Waals surface area contributed by atoms with Gasteiger partial charge in [-0.3, -0.25) is 9.59 Å². The van der Waals surface area contributed by atoms with Gasteiger partial charge in [-0.05, 0) is 25.7 Å². The minimum absolute atomic E-state index is 0.101. The van der Waals surface area contributed by atoms with E-state index in [-0.39, 0.29) is 24.7 Å². The van der Waals surface area contributed by atoms with Crippen LogP contribution in [0.2, 0.25) is 0 Å². The highest BCUT2D eigenvalue weighted by Gasteiger charge is 2.20. The van der Waals surface area contributed by atoms with Gasteiger partial charge in [-0.1, -0.05) is 90.4 Å². The van der Waals surface area contributed by atoms with Crippen LogP contribution in [-0.2, 0) is 19.2 Å². The van der Waals surface area contributed by atoms with E-state index in [1.807, 2.05) is 6.92 Å². The normalized spacial score (nSPS) is 11.7. The highest BCUT2D eigenvalue weighted by atomic mass is 16.4. The van der Waals surface area contributed by atoms with Crippen LogP contribution in [0.15, 0.2) is 0 Å². The molecule has 1 atom stereocenters. The zero-order chi connectivity index (χ0) is 25.3. The predicted octanol–water partition coefficient (Wildman–Crippen LogP) is 5.69. The van der Waals surface area contributed by atoms with Crippen LogP contribution in [-0.4, -0.2) is 41.8 Å². The van der Waals surface area contributed by atoms with Crippen molar-refractivity contribution in [2.75, 3.05) is 6.54 Å². The summed E-state index contributed by atoms with van der Waals surface area (Å²) in [5, 5.41) is 14.6. The molecule has 0 rings (SSSR count). The molecular weight excluding hydrogens is 432 g/mol. The first-order chi connectivity index (χ1) is 16.5. The van der Waals surface area contributed by atoms with Gasteiger partial charge < -0.3 is 20.5 Å². The van der Waals surface area contributed by atoms with Crippen LogP contribution in [0.3, 0.4) is 0 Å². The molecule has 0 aromatic rings. The van der Waals surface area contributed by atoms with Crippen LogP contribution in [0, 0.1) is 0 Å². The predicted molar refractivity (Wildman–Crippen MR) is 137 cm³/mol. The quantitative estimate of drug-likeness (QED) is 0.114. The number of carboxylic acid groups (broad SMARTS) is 1. The molecule has 34 heavy (non-hydrogen) atoms. The fourth-order valence-electron chi connectivity index (χ4n) is 3.93. The number of unbranched alkanes of at least 4 members (excludes halogenated alkanes) is 15. The first-order valence-corrected chi connectivity index (χ1v) is 13.7. The molecule has 0 aliphatic carbocycles. The number of nitrogens with one attached hydrogen (secondary N) is 2. The maximum Gasteiger partial charge on any atom is 0.326 e. The Morgan fingerprint density at radius 3 is 1.68 bits per heavy atom. The lowest BCUT2D eigenvalue weighted by atomic mass is 10.0. The van der Waals surface area contributed by atoms with E-state index in [0.717, 1.165) is 44.8 Å². The Morgan fingerprint density at radius 1 is 0.706 bits per heavy atom. The van der Waals surface area contributed by atoms with Crippen molar-refractivity contribution in [3.05, 3.63) is 0 Å². The number of amides is 2. The SMILES string of the molecule is CCCCNC(=O)CCC(NC(=O)CCCCCCCCCCCCCCCCC=O)C(=O)O. The zero-order valence-corrected chi connectivity index (χ0v) is 21.6. The summed E-state index contributed by atoms with van der Waals surface area (Å²) in [6.45, 7) is 2.64. The van der Waals surface area contributed by atoms with Crippen molar-refractivity contribution in [1.29, 1.82) is 0 Å². The van der Waals surface area contributed by atoms with Gasteiger partial charge >= 0.3 is 5.97 Å². The summed E-state index contributed by atoms with van der Waals surface area (Å²) >= 11 is 0. The molecule has 3 N–H and O–H groups in total. The fourth-order valence-corrected chi connectivity index (χ4v) is 3.93. The molecule has 7 nitrogen and oxygen atoms in total. The van der Waals surface area contributed by atoms with Crippen LogP contribution in [0.5, 0.6) is 0 Å². The van der Waals surface area contributed by atoms with E-state index in [1.165, 1.54) is 64.2 Å². The summed E-state index contributed by atoms with van der Waals surface area (Å²) in [6, 6.07) is -1.01. The third kappa shape index (κ3) is 21.9. The fraction of sp³-hybridized carbons (Fsp3) is 0.852. The Hall–Kier alpha value is -1.92. The highest BCUT2D eigenvalue weighted by Crippen LogP contribution is 2.13. The summed E-state index contributed by atoms with van der Waals surface area (Å²) in [5.74, 6) is -1.51. The molecule has 0 aromatic heterocycles. The minimum atomic E-state index is -1.09. The second-order valence-corrected chi connectivity index (χ2v) is 9.36. The maximum absolute atomic E-state index is 12.1. The molecule has 0 aromatic carbocycles. The van der Waals surface area contributed by atoms with Crippen LogP contribution < -0.4 is 10.6 Å². The molecule has 0 saturated carbocycles. The Kier molecular flexibility index (Phi) is 22.8. The average Bonchev–Trinajstić information content (AvgIpc) is 2.81. The second-order valence-electron chi connectivity index (χ2n) is 9.36. The summed E-state index contributed by atoms with van der Waals surface area (Å²) < 4.78 is 0. The van der Waals surface area contributed by atoms with E-state index < -0.39 is 12.0 Å². The standard InChI is InChI=1S/C27H50N2O5/c1-2-3-22-28-25(31)21-20-24(27(33)34)29-26(32)19-17-15-13-11-9-7-5-4-6-8-10-12-14-16-18-23-30/h23-24H,2-22H2,1H3,(H,28,31)(H,29,32)(H,33,34). The van der Waals surface area contributed by atoms with E-state index in [9.17, 15) is 24.3 Å². The van der Waals surface area contributed by atoms with E-state index in [0.29, 0.717) is 19.4 Å². The average molecular weight is 483 g/mol. The van der Waals surface area contributed by atoms with Crippen molar-refractivity contribution in [2.45, 2.75) is 141 Å². The van der Waals surface area contributed by atoms with Crippen molar-refractivity contribution in [3.63, 3.8) is 0 Å². The molecular formula is C27H50N2O5. The van der Waals surface area contributed by atoms with Crippen molar-refractivity contribution in [3.8, 4) is 0 Å². The minimum Gasteiger partial charge on any atom is -0.480 e. The van der Waals surface area contributed by atoms with Crippen LogP contribution >= 0.6 is 0 Å². The van der Waals surface area contributed by atoms with Gasteiger partial charge in [0.15, 0.2) is 0 Å². The molecule has 0 saturated heterocycles. The van der Waals surface area contributed by atoms with Gasteiger partial charge in [-0.25, -0.2) is 4.79 Å². The van der Waals surface area contributed by atoms with E-state index in [1.54, 1.807) is 0 Å². The van der Waals surface area contributed by atoms with Crippen LogP contribution in [0.4, 0.5) is 0 Å². The van der Waals surface area contributed by atoms with E-state index in [2.05, 4.69) is 10.6 Å². The molecule has 7 heteroatoms. The number of aldehydes is 1. The van der Waals surface area contributed by atoms with Gasteiger partial charge in [0.2, 0.25) is 11.8 Å². The number of hydrogen-bond acceptors (Lipinski definition) is 4. The van der Waals surface area contributed by atoms with Gasteiger partial charge in [0.05, 0.1) is 0 Å². The van der Waals surface area contributed by atoms with E-state index in [4.69, 9.17) is 0 Å². The maximum atomic E-state index is 12.1. The number of aliphatic carboxylic acids is 1. The molecule has 0 aliphatic rings. The lowest BCUT2D eigenvalue weighted by molar-refractivity contribution is -0.142. The molecule has 0 bridgehead atoms. The summed E-state index contributed by atoms with van der Waals surface area (Å²) in [7, 11) is 0. The highest BCUT2D eigenvalue weighted by molar-refractivity contribution is 5.84. The third-order valence-electron chi connectivity index (χ3n) is 6.12. The summed E-state index contributed by atoms with van der Waals surface area (Å²) in [4.78, 5) is 45.4. The Morgan fingerprint density at radius 2 is 1.21 bits per heavy atom. The monoisotopic (exact) mass is 482 g/mol. The Balaban J connectivity index is 3.59. The first-order valence-electron chi connectivity index (χ1n) is 13.7. The van der Waals surface area contributed by atoms with Gasteiger partial charge in [0.1, 0.15) is 12.3 Å². The number of hydrogen-bond donors (Lipinski definition) is 3. The molecule has 2 amide bonds. The number of rotatable bonds is 25. The van der Waals surface area contributed by atoms with Gasteiger partial charge in [-0.2, -0.15) is 0 Å². The van der Waals surface area contributed by atoms with Gasteiger partial charge in [0, 0.05) is 25.8 Å². The third-order valence-corrected chi connectivity index (χ3v) is 6.12. The summed E-state index contributed by atoms with van der Waals surface area (Å²) in [5.41, 5.74) is 0.